The highest BCUT2D eigenvalue weighted by atomic mass is 32.2. The zero-order chi connectivity index (χ0) is 13.0. The summed E-state index contributed by atoms with van der Waals surface area (Å²) in [5, 5.41) is 4.53. The minimum Gasteiger partial charge on any atom is -0.439 e. The Kier molecular flexibility index (Phi) is 4.33. The van der Waals surface area contributed by atoms with Crippen molar-refractivity contribution in [2.24, 2.45) is 0 Å². The fraction of sp³-hybridized carbons (Fsp3) is 0.417. The van der Waals surface area contributed by atoms with Crippen LogP contribution in [0.3, 0.4) is 0 Å². The largest absolute Gasteiger partial charge is 0.439 e. The van der Waals surface area contributed by atoms with Gasteiger partial charge in [0.25, 0.3) is 5.22 Å². The molecule has 96 valence electrons. The van der Waals surface area contributed by atoms with E-state index in [1.165, 1.54) is 11.8 Å². The molecule has 0 amide bonds. The molecular formula is C12H16N4OS. The highest BCUT2D eigenvalue weighted by Gasteiger charge is 2.06. The predicted molar refractivity (Wildman–Crippen MR) is 69.4 cm³/mol. The third-order valence-corrected chi connectivity index (χ3v) is 2.93. The Morgan fingerprint density at radius 1 is 1.33 bits per heavy atom. The van der Waals surface area contributed by atoms with E-state index in [0.717, 1.165) is 17.8 Å². The lowest BCUT2D eigenvalue weighted by atomic mass is 10.3. The molecule has 0 aliphatic heterocycles. The molecule has 5 nitrogen and oxygen atoms in total. The van der Waals surface area contributed by atoms with Crippen molar-refractivity contribution in [3.05, 3.63) is 29.9 Å². The van der Waals surface area contributed by atoms with E-state index in [-0.39, 0.29) is 0 Å². The van der Waals surface area contributed by atoms with Gasteiger partial charge in [-0.15, -0.1) is 0 Å². The van der Waals surface area contributed by atoms with Gasteiger partial charge in [-0.05, 0) is 6.92 Å². The van der Waals surface area contributed by atoms with Crippen LogP contribution in [0.2, 0.25) is 0 Å². The van der Waals surface area contributed by atoms with Crippen LogP contribution >= 0.6 is 11.8 Å². The molecule has 0 bridgehead atoms. The first-order chi connectivity index (χ1) is 8.63. The molecule has 0 aromatic carbocycles. The van der Waals surface area contributed by atoms with Gasteiger partial charge < -0.3 is 9.73 Å². The second kappa shape index (κ2) is 5.97. The molecular weight excluding hydrogens is 248 g/mol. The first-order valence-corrected chi connectivity index (χ1v) is 6.59. The molecule has 2 aromatic heterocycles. The number of aromatic nitrogens is 3. The van der Waals surface area contributed by atoms with Crippen molar-refractivity contribution in [2.45, 2.75) is 43.7 Å². The summed E-state index contributed by atoms with van der Waals surface area (Å²) in [6.07, 6.45) is 5.25. The van der Waals surface area contributed by atoms with Crippen molar-refractivity contribution in [1.29, 1.82) is 0 Å². The third-order valence-electron chi connectivity index (χ3n) is 2.17. The van der Waals surface area contributed by atoms with Gasteiger partial charge in [-0.3, -0.25) is 0 Å². The smallest absolute Gasteiger partial charge is 0.263 e. The van der Waals surface area contributed by atoms with E-state index >= 15 is 0 Å². The van der Waals surface area contributed by atoms with Crippen molar-refractivity contribution in [3.8, 4) is 0 Å². The Hall–Kier alpha value is -1.40. The van der Waals surface area contributed by atoms with E-state index in [2.05, 4.69) is 34.1 Å². The standard InChI is InChI=1S/C12H16N4OS/c1-8(2)13-4-10-5-14-11(15-6-10)18-12-16-9(3)7-17-12/h5-8,13H,4H2,1-3H3. The molecule has 0 aliphatic rings. The molecule has 0 unspecified atom stereocenters. The van der Waals surface area contributed by atoms with Crippen molar-refractivity contribution in [2.75, 3.05) is 0 Å². The van der Waals surface area contributed by atoms with Gasteiger partial charge in [0.1, 0.15) is 6.26 Å². The van der Waals surface area contributed by atoms with Crippen molar-refractivity contribution in [1.82, 2.24) is 20.3 Å². The number of oxazole rings is 1. The summed E-state index contributed by atoms with van der Waals surface area (Å²) in [6, 6.07) is 0.453. The molecule has 0 aliphatic carbocycles. The molecule has 2 heterocycles. The number of nitrogens with zero attached hydrogens (tertiary/aromatic N) is 3. The summed E-state index contributed by atoms with van der Waals surface area (Å²) in [4.78, 5) is 12.7. The van der Waals surface area contributed by atoms with Crippen LogP contribution in [0.4, 0.5) is 0 Å². The molecule has 1 N–H and O–H groups in total. The summed E-state index contributed by atoms with van der Waals surface area (Å²) in [5.74, 6) is 0. The number of hydrogen-bond donors (Lipinski definition) is 1. The topological polar surface area (TPSA) is 63.8 Å². The number of hydrogen-bond acceptors (Lipinski definition) is 6. The van der Waals surface area contributed by atoms with E-state index < -0.39 is 0 Å². The highest BCUT2D eigenvalue weighted by Crippen LogP contribution is 2.22. The molecule has 0 spiro atoms. The third kappa shape index (κ3) is 3.82. The molecule has 0 saturated heterocycles. The van der Waals surface area contributed by atoms with Gasteiger partial charge in [0.15, 0.2) is 5.16 Å². The first kappa shape index (κ1) is 13.0. The molecule has 0 saturated carbocycles. The molecule has 2 aromatic rings. The van der Waals surface area contributed by atoms with E-state index in [4.69, 9.17) is 4.42 Å². The Bertz CT molecular complexity index is 495. The van der Waals surface area contributed by atoms with Crippen LogP contribution in [0.1, 0.15) is 25.1 Å². The van der Waals surface area contributed by atoms with Gasteiger partial charge in [-0.1, -0.05) is 13.8 Å². The minimum atomic E-state index is 0.453. The molecule has 2 rings (SSSR count). The van der Waals surface area contributed by atoms with Gasteiger partial charge in [0.2, 0.25) is 0 Å². The lowest BCUT2D eigenvalue weighted by molar-refractivity contribution is 0.453. The lowest BCUT2D eigenvalue weighted by Gasteiger charge is -2.07. The van der Waals surface area contributed by atoms with Crippen molar-refractivity contribution >= 4 is 11.8 Å². The predicted octanol–water partition coefficient (Wildman–Crippen LogP) is 2.42. The van der Waals surface area contributed by atoms with E-state index in [1.807, 2.05) is 19.3 Å². The molecule has 6 heteroatoms. The van der Waals surface area contributed by atoms with Crippen molar-refractivity contribution in [3.63, 3.8) is 0 Å². The summed E-state index contributed by atoms with van der Waals surface area (Å²) in [6.45, 7) is 6.88. The Morgan fingerprint density at radius 2 is 2.06 bits per heavy atom. The molecule has 0 radical (unpaired) electrons. The quantitative estimate of drug-likeness (QED) is 0.837. The van der Waals surface area contributed by atoms with E-state index in [0.29, 0.717) is 16.4 Å². The van der Waals surface area contributed by atoms with Crippen LogP contribution < -0.4 is 5.32 Å². The Balaban J connectivity index is 1.95. The molecule has 0 fully saturated rings. The minimum absolute atomic E-state index is 0.453. The van der Waals surface area contributed by atoms with Gasteiger partial charge in [0, 0.05) is 42.3 Å². The van der Waals surface area contributed by atoms with Crippen LogP contribution in [0.15, 0.2) is 33.5 Å². The van der Waals surface area contributed by atoms with Crippen LogP contribution in [0, 0.1) is 6.92 Å². The summed E-state index contributed by atoms with van der Waals surface area (Å²) < 4.78 is 5.24. The average molecular weight is 264 g/mol. The second-order valence-corrected chi connectivity index (χ2v) is 5.18. The SMILES string of the molecule is Cc1coc(Sc2ncc(CNC(C)C)cn2)n1. The average Bonchev–Trinajstić information content (AvgIpc) is 2.74. The normalized spacial score (nSPS) is 11.1. The Morgan fingerprint density at radius 3 is 2.61 bits per heavy atom. The lowest BCUT2D eigenvalue weighted by Crippen LogP contribution is -2.21. The van der Waals surface area contributed by atoms with Crippen LogP contribution in [0.25, 0.3) is 0 Å². The zero-order valence-electron chi connectivity index (χ0n) is 10.7. The second-order valence-electron chi connectivity index (χ2n) is 4.27. The van der Waals surface area contributed by atoms with Crippen LogP contribution in [0.5, 0.6) is 0 Å². The van der Waals surface area contributed by atoms with Gasteiger partial charge >= 0.3 is 0 Å². The maximum absolute atomic E-state index is 5.24. The number of nitrogens with one attached hydrogen (secondary N) is 1. The highest BCUT2D eigenvalue weighted by molar-refractivity contribution is 7.98. The maximum Gasteiger partial charge on any atom is 0.263 e. The summed E-state index contributed by atoms with van der Waals surface area (Å²) >= 11 is 1.32. The van der Waals surface area contributed by atoms with Gasteiger partial charge in [-0.25, -0.2) is 15.0 Å². The van der Waals surface area contributed by atoms with Crippen molar-refractivity contribution < 1.29 is 4.42 Å². The monoisotopic (exact) mass is 264 g/mol. The summed E-state index contributed by atoms with van der Waals surface area (Å²) in [5.41, 5.74) is 1.92. The number of rotatable bonds is 5. The Labute approximate surface area is 110 Å². The molecule has 0 atom stereocenters. The van der Waals surface area contributed by atoms with E-state index in [1.54, 1.807) is 6.26 Å². The zero-order valence-corrected chi connectivity index (χ0v) is 11.5. The van der Waals surface area contributed by atoms with Gasteiger partial charge in [0.05, 0.1) is 5.69 Å². The summed E-state index contributed by atoms with van der Waals surface area (Å²) in [7, 11) is 0. The fourth-order valence-electron chi connectivity index (χ4n) is 1.27. The molecule has 18 heavy (non-hydrogen) atoms. The van der Waals surface area contributed by atoms with Gasteiger partial charge in [-0.2, -0.15) is 0 Å². The first-order valence-electron chi connectivity index (χ1n) is 5.78. The van der Waals surface area contributed by atoms with Crippen LogP contribution in [-0.2, 0) is 6.54 Å². The van der Waals surface area contributed by atoms with Crippen LogP contribution in [-0.4, -0.2) is 21.0 Å². The fourth-order valence-corrected chi connectivity index (χ4v) is 1.92. The van der Waals surface area contributed by atoms with E-state index in [9.17, 15) is 0 Å². The maximum atomic E-state index is 5.24. The number of aryl methyl sites for hydroxylation is 1.